The lowest BCUT2D eigenvalue weighted by molar-refractivity contribution is -0.384. The number of β-lactam (4-membered cyclic amide) rings is 1. The number of ether oxygens (including phenoxy) is 1. The second-order valence-corrected chi connectivity index (χ2v) is 12.7. The van der Waals surface area contributed by atoms with Crippen molar-refractivity contribution in [2.75, 3.05) is 32.8 Å². The topological polar surface area (TPSA) is 145 Å². The summed E-state index contributed by atoms with van der Waals surface area (Å²) in [6.45, 7) is 7.26. The number of thioether (sulfide) groups is 1. The third kappa shape index (κ3) is 5.64. The van der Waals surface area contributed by atoms with Crippen molar-refractivity contribution in [2.45, 2.75) is 63.2 Å². The summed E-state index contributed by atoms with van der Waals surface area (Å²) in [7, 11) is 0. The van der Waals surface area contributed by atoms with Crippen LogP contribution in [0.2, 0.25) is 0 Å². The fourth-order valence-corrected chi connectivity index (χ4v) is 8.17. The fourth-order valence-electron chi connectivity index (χ4n) is 6.68. The first-order chi connectivity index (χ1) is 19.2. The molecule has 40 heavy (non-hydrogen) atoms. The molecule has 0 saturated carbocycles. The SMILES string of the molecule is C[C@@H](O)[C@H]1C(=O)N2C(C(=O)OCc3ccc([N+](=O)[O-])cc3)=C(S[C@@H]3CN[C@H](C4CCN(CCO)CC4)C3)[C@H](C)[C@H]12. The van der Waals surface area contributed by atoms with E-state index >= 15 is 0 Å². The molecule has 5 rings (SSSR count). The van der Waals surface area contributed by atoms with Crippen LogP contribution < -0.4 is 5.32 Å². The van der Waals surface area contributed by atoms with Gasteiger partial charge in [0.15, 0.2) is 0 Å². The molecule has 1 amide bonds. The van der Waals surface area contributed by atoms with Gasteiger partial charge in [0.2, 0.25) is 5.91 Å². The maximum atomic E-state index is 13.4. The molecule has 4 aliphatic rings. The maximum absolute atomic E-state index is 13.4. The van der Waals surface area contributed by atoms with Crippen molar-refractivity contribution in [2.24, 2.45) is 17.8 Å². The van der Waals surface area contributed by atoms with Gasteiger partial charge in [0.05, 0.1) is 29.6 Å². The molecule has 1 aromatic carbocycles. The number of nitrogens with zero attached hydrogens (tertiary/aromatic N) is 3. The highest BCUT2D eigenvalue weighted by Gasteiger charge is 2.60. The lowest BCUT2D eigenvalue weighted by Gasteiger charge is -2.46. The standard InChI is InChI=1S/C28H38N4O7S/c1-16-24-23(17(2)34)27(35)31(24)25(28(36)39-15-18-3-5-20(6-4-18)32(37)38)26(16)40-21-13-22(29-14-21)19-7-9-30(10-8-19)11-12-33/h3-6,16-17,19,21-24,29,33-34H,7-15H2,1-2H3/t16-,17-,21+,22+,23-,24-/m1/s1. The molecule has 12 heteroatoms. The molecule has 0 aromatic heterocycles. The van der Waals surface area contributed by atoms with Crippen molar-refractivity contribution >= 4 is 29.3 Å². The number of aliphatic hydroxyl groups is 2. The molecule has 3 N–H and O–H groups in total. The highest BCUT2D eigenvalue weighted by atomic mass is 32.2. The van der Waals surface area contributed by atoms with E-state index in [1.807, 2.05) is 6.92 Å². The normalized spacial score (nSPS) is 29.9. The van der Waals surface area contributed by atoms with E-state index in [1.165, 1.54) is 17.0 Å². The minimum atomic E-state index is -0.813. The van der Waals surface area contributed by atoms with Gasteiger partial charge in [-0.2, -0.15) is 0 Å². The van der Waals surface area contributed by atoms with Crippen molar-refractivity contribution in [3.05, 3.63) is 50.5 Å². The summed E-state index contributed by atoms with van der Waals surface area (Å²) >= 11 is 1.65. The van der Waals surface area contributed by atoms with Crippen molar-refractivity contribution in [3.8, 4) is 0 Å². The molecule has 4 heterocycles. The van der Waals surface area contributed by atoms with Gasteiger partial charge in [0.25, 0.3) is 5.69 Å². The zero-order valence-electron chi connectivity index (χ0n) is 22.9. The number of hydrogen-bond acceptors (Lipinski definition) is 10. The number of benzene rings is 1. The number of aliphatic hydroxyl groups excluding tert-OH is 2. The summed E-state index contributed by atoms with van der Waals surface area (Å²) in [6.07, 6.45) is 2.34. The predicted octanol–water partition coefficient (Wildman–Crippen LogP) is 1.88. The first-order valence-electron chi connectivity index (χ1n) is 14.1. The molecular formula is C28H38N4O7S. The number of piperidine rings is 1. The van der Waals surface area contributed by atoms with E-state index in [-0.39, 0.29) is 47.7 Å². The Morgan fingerprint density at radius 3 is 2.60 bits per heavy atom. The van der Waals surface area contributed by atoms with Crippen molar-refractivity contribution in [1.29, 1.82) is 0 Å². The maximum Gasteiger partial charge on any atom is 0.356 e. The third-order valence-corrected chi connectivity index (χ3v) is 10.4. The van der Waals surface area contributed by atoms with E-state index in [0.717, 1.165) is 50.3 Å². The summed E-state index contributed by atoms with van der Waals surface area (Å²) in [5.74, 6) is -0.940. The number of nitro groups is 1. The zero-order chi connectivity index (χ0) is 28.6. The van der Waals surface area contributed by atoms with E-state index in [2.05, 4.69) is 10.2 Å². The number of carbonyl (C=O) groups is 2. The monoisotopic (exact) mass is 574 g/mol. The number of esters is 1. The summed E-state index contributed by atoms with van der Waals surface area (Å²) in [5.41, 5.74) is 0.839. The molecule has 0 aliphatic carbocycles. The molecule has 4 aliphatic heterocycles. The molecule has 11 nitrogen and oxygen atoms in total. The van der Waals surface area contributed by atoms with Crippen LogP contribution in [0.4, 0.5) is 5.69 Å². The second kappa shape index (κ2) is 12.2. The van der Waals surface area contributed by atoms with Crippen LogP contribution in [0, 0.1) is 27.9 Å². The van der Waals surface area contributed by atoms with Gasteiger partial charge in [0, 0.05) is 47.3 Å². The van der Waals surface area contributed by atoms with Gasteiger partial charge in [-0.15, -0.1) is 11.8 Å². The van der Waals surface area contributed by atoms with Gasteiger partial charge in [0.1, 0.15) is 12.3 Å². The van der Waals surface area contributed by atoms with Crippen molar-refractivity contribution < 1.29 is 29.5 Å². The van der Waals surface area contributed by atoms with Crippen molar-refractivity contribution in [3.63, 3.8) is 0 Å². The highest BCUT2D eigenvalue weighted by Crippen LogP contribution is 2.52. The van der Waals surface area contributed by atoms with E-state index in [9.17, 15) is 29.9 Å². The Morgan fingerprint density at radius 2 is 1.98 bits per heavy atom. The number of non-ortho nitro benzene ring substituents is 1. The van der Waals surface area contributed by atoms with Crippen LogP contribution in [0.1, 0.15) is 38.7 Å². The van der Waals surface area contributed by atoms with Crippen LogP contribution >= 0.6 is 11.8 Å². The number of hydrogen-bond donors (Lipinski definition) is 3. The Labute approximate surface area is 238 Å². The fraction of sp³-hybridized carbons (Fsp3) is 0.643. The first kappa shape index (κ1) is 29.0. The lowest BCUT2D eigenvalue weighted by Crippen LogP contribution is -2.63. The minimum Gasteiger partial charge on any atom is -0.456 e. The van der Waals surface area contributed by atoms with Crippen LogP contribution in [0.25, 0.3) is 0 Å². The Hall–Kier alpha value is -2.51. The largest absolute Gasteiger partial charge is 0.456 e. The Morgan fingerprint density at radius 1 is 1.27 bits per heavy atom. The molecule has 0 spiro atoms. The summed E-state index contributed by atoms with van der Waals surface area (Å²) < 4.78 is 5.62. The van der Waals surface area contributed by atoms with E-state index in [0.29, 0.717) is 17.5 Å². The van der Waals surface area contributed by atoms with Gasteiger partial charge in [-0.3, -0.25) is 14.9 Å². The average Bonchev–Trinajstić information content (AvgIpc) is 3.49. The Kier molecular flexibility index (Phi) is 8.81. The number of β-amino-alcohol motifs (C(OH)–C–C–N with tert-alkyl or cyclic N) is 1. The van der Waals surface area contributed by atoms with Crippen LogP contribution in [-0.2, 0) is 20.9 Å². The van der Waals surface area contributed by atoms with Gasteiger partial charge in [-0.05, 0) is 62.9 Å². The number of nitro benzene ring substituents is 1. The Balaban J connectivity index is 1.28. The molecular weight excluding hydrogens is 536 g/mol. The summed E-state index contributed by atoms with van der Waals surface area (Å²) in [6, 6.07) is 5.94. The molecule has 0 unspecified atom stereocenters. The van der Waals surface area contributed by atoms with Crippen LogP contribution in [0.15, 0.2) is 34.9 Å². The number of amides is 1. The molecule has 3 fully saturated rings. The summed E-state index contributed by atoms with van der Waals surface area (Å²) in [4.78, 5) is 41.6. The Bertz CT molecular complexity index is 1150. The van der Waals surface area contributed by atoms with Gasteiger partial charge in [-0.25, -0.2) is 4.79 Å². The summed E-state index contributed by atoms with van der Waals surface area (Å²) in [5, 5.41) is 34.4. The smallest absolute Gasteiger partial charge is 0.356 e. The first-order valence-corrected chi connectivity index (χ1v) is 15.0. The van der Waals surface area contributed by atoms with Gasteiger partial charge >= 0.3 is 5.97 Å². The molecule has 0 radical (unpaired) electrons. The van der Waals surface area contributed by atoms with Crippen LogP contribution in [0.3, 0.4) is 0 Å². The quantitative estimate of drug-likeness (QED) is 0.164. The number of fused-ring (bicyclic) bond motifs is 1. The van der Waals surface area contributed by atoms with Crippen LogP contribution in [-0.4, -0.2) is 93.0 Å². The van der Waals surface area contributed by atoms with E-state index in [4.69, 9.17) is 4.74 Å². The van der Waals surface area contributed by atoms with E-state index < -0.39 is 22.9 Å². The average molecular weight is 575 g/mol. The zero-order valence-corrected chi connectivity index (χ0v) is 23.7. The van der Waals surface area contributed by atoms with Crippen molar-refractivity contribution in [1.82, 2.24) is 15.1 Å². The molecule has 1 aromatic rings. The number of likely N-dealkylation sites (tertiary alicyclic amines) is 1. The van der Waals surface area contributed by atoms with Crippen LogP contribution in [0.5, 0.6) is 0 Å². The molecule has 0 bridgehead atoms. The predicted molar refractivity (Wildman–Crippen MR) is 149 cm³/mol. The molecule has 6 atom stereocenters. The lowest BCUT2D eigenvalue weighted by atomic mass is 9.79. The van der Waals surface area contributed by atoms with E-state index in [1.54, 1.807) is 30.8 Å². The van der Waals surface area contributed by atoms with Gasteiger partial charge < -0.3 is 30.1 Å². The highest BCUT2D eigenvalue weighted by molar-refractivity contribution is 8.03. The number of nitrogens with one attached hydrogen (secondary N) is 1. The molecule has 218 valence electrons. The number of carbonyl (C=O) groups excluding carboxylic acids is 2. The molecule has 3 saturated heterocycles. The number of rotatable bonds is 10. The minimum absolute atomic E-state index is 0.0431. The second-order valence-electron chi connectivity index (χ2n) is 11.4. The van der Waals surface area contributed by atoms with Gasteiger partial charge in [-0.1, -0.05) is 6.92 Å². The third-order valence-electron chi connectivity index (χ3n) is 8.85.